The smallest absolute Gasteiger partial charge is 0.0685 e. The van der Waals surface area contributed by atoms with Gasteiger partial charge >= 0.3 is 0 Å². The Bertz CT molecular complexity index is 487. The minimum absolute atomic E-state index is 0.0319. The molecular formula is C16H21BrClNO. The summed E-state index contributed by atoms with van der Waals surface area (Å²) in [5, 5.41) is 0.751. The van der Waals surface area contributed by atoms with Crippen LogP contribution in [0, 0.1) is 5.92 Å². The van der Waals surface area contributed by atoms with Crippen molar-refractivity contribution in [3.8, 4) is 0 Å². The molecule has 1 aromatic rings. The van der Waals surface area contributed by atoms with Gasteiger partial charge in [0.2, 0.25) is 0 Å². The average Bonchev–Trinajstić information content (AvgIpc) is 2.88. The summed E-state index contributed by atoms with van der Waals surface area (Å²) in [6, 6.07) is 5.91. The van der Waals surface area contributed by atoms with Crippen molar-refractivity contribution in [3.63, 3.8) is 0 Å². The molecule has 2 unspecified atom stereocenters. The maximum absolute atomic E-state index is 6.55. The molecule has 0 radical (unpaired) electrons. The summed E-state index contributed by atoms with van der Waals surface area (Å²) in [6.07, 6.45) is 7.13. The van der Waals surface area contributed by atoms with Crippen molar-refractivity contribution in [1.29, 1.82) is 0 Å². The molecule has 110 valence electrons. The molecule has 2 nitrogen and oxygen atoms in total. The van der Waals surface area contributed by atoms with E-state index in [-0.39, 0.29) is 11.6 Å². The van der Waals surface area contributed by atoms with Gasteiger partial charge < -0.3 is 10.5 Å². The Kier molecular flexibility index (Phi) is 4.42. The average molecular weight is 359 g/mol. The van der Waals surface area contributed by atoms with Gasteiger partial charge in [-0.15, -0.1) is 0 Å². The second kappa shape index (κ2) is 5.96. The molecule has 1 aliphatic heterocycles. The van der Waals surface area contributed by atoms with Crippen LogP contribution in [0.15, 0.2) is 22.7 Å². The first-order valence-corrected chi connectivity index (χ1v) is 8.61. The maximum atomic E-state index is 6.55. The number of nitrogens with two attached hydrogens (primary N) is 1. The van der Waals surface area contributed by atoms with E-state index in [9.17, 15) is 0 Å². The topological polar surface area (TPSA) is 35.2 Å². The van der Waals surface area contributed by atoms with Gasteiger partial charge in [0.1, 0.15) is 0 Å². The third-order valence-corrected chi connectivity index (χ3v) is 5.83. The van der Waals surface area contributed by atoms with E-state index >= 15 is 0 Å². The summed E-state index contributed by atoms with van der Waals surface area (Å²) in [5.74, 6) is 0.483. The van der Waals surface area contributed by atoms with Crippen LogP contribution in [0.1, 0.15) is 50.1 Å². The number of hydrogen-bond donors (Lipinski definition) is 1. The normalized spacial score (nSPS) is 26.9. The molecule has 1 heterocycles. The van der Waals surface area contributed by atoms with E-state index < -0.39 is 0 Å². The van der Waals surface area contributed by atoms with Gasteiger partial charge in [-0.1, -0.05) is 40.4 Å². The first-order chi connectivity index (χ1) is 9.60. The standard InChI is InChI=1S/C16H21BrClNO/c17-14-4-3-12(18)9-13(14)15(19)11-5-8-20-16(10-11)6-1-2-7-16/h3-4,9,11,15H,1-2,5-8,10,19H2. The van der Waals surface area contributed by atoms with Crippen molar-refractivity contribution in [3.05, 3.63) is 33.3 Å². The third kappa shape index (κ3) is 2.92. The molecule has 0 bridgehead atoms. The highest BCUT2D eigenvalue weighted by atomic mass is 79.9. The Labute approximate surface area is 134 Å². The summed E-state index contributed by atoms with van der Waals surface area (Å²) in [5.41, 5.74) is 7.79. The van der Waals surface area contributed by atoms with Crippen LogP contribution in [0.25, 0.3) is 0 Å². The molecule has 1 saturated heterocycles. The molecule has 2 aliphatic rings. The summed E-state index contributed by atoms with van der Waals surface area (Å²) in [4.78, 5) is 0. The summed E-state index contributed by atoms with van der Waals surface area (Å²) in [6.45, 7) is 0.844. The number of rotatable bonds is 2. The van der Waals surface area contributed by atoms with Crippen molar-refractivity contribution in [1.82, 2.24) is 0 Å². The molecule has 2 N–H and O–H groups in total. The van der Waals surface area contributed by atoms with Crippen LogP contribution in [0.4, 0.5) is 0 Å². The zero-order valence-corrected chi connectivity index (χ0v) is 13.9. The first-order valence-electron chi connectivity index (χ1n) is 7.44. The molecule has 2 fully saturated rings. The van der Waals surface area contributed by atoms with Crippen LogP contribution < -0.4 is 5.73 Å². The summed E-state index contributed by atoms with van der Waals surface area (Å²) < 4.78 is 7.16. The monoisotopic (exact) mass is 357 g/mol. The van der Waals surface area contributed by atoms with Crippen molar-refractivity contribution < 1.29 is 4.74 Å². The van der Waals surface area contributed by atoms with Crippen LogP contribution in [-0.2, 0) is 4.74 Å². The highest BCUT2D eigenvalue weighted by Crippen LogP contribution is 2.45. The van der Waals surface area contributed by atoms with E-state index in [1.54, 1.807) is 0 Å². The number of halogens is 2. The van der Waals surface area contributed by atoms with Gasteiger partial charge in [-0.05, 0) is 55.4 Å². The minimum Gasteiger partial charge on any atom is -0.375 e. The van der Waals surface area contributed by atoms with Gasteiger partial charge in [-0.25, -0.2) is 0 Å². The molecule has 2 atom stereocenters. The van der Waals surface area contributed by atoms with E-state index in [0.717, 1.165) is 34.5 Å². The van der Waals surface area contributed by atoms with E-state index in [2.05, 4.69) is 15.9 Å². The fraction of sp³-hybridized carbons (Fsp3) is 0.625. The van der Waals surface area contributed by atoms with Crippen LogP contribution >= 0.6 is 27.5 Å². The van der Waals surface area contributed by atoms with Crippen molar-refractivity contribution in [2.45, 2.75) is 50.2 Å². The molecule has 4 heteroatoms. The second-order valence-electron chi connectivity index (χ2n) is 6.18. The van der Waals surface area contributed by atoms with Crippen LogP contribution in [-0.4, -0.2) is 12.2 Å². The number of ether oxygens (including phenoxy) is 1. The highest BCUT2D eigenvalue weighted by molar-refractivity contribution is 9.10. The largest absolute Gasteiger partial charge is 0.375 e. The molecule has 20 heavy (non-hydrogen) atoms. The van der Waals surface area contributed by atoms with Gasteiger partial charge in [0.25, 0.3) is 0 Å². The van der Waals surface area contributed by atoms with Gasteiger partial charge in [0.15, 0.2) is 0 Å². The van der Waals surface area contributed by atoms with Gasteiger partial charge in [-0.2, -0.15) is 0 Å². The fourth-order valence-electron chi connectivity index (χ4n) is 3.76. The van der Waals surface area contributed by atoms with E-state index in [4.69, 9.17) is 22.1 Å². The second-order valence-corrected chi connectivity index (χ2v) is 7.47. The Morgan fingerprint density at radius 1 is 1.35 bits per heavy atom. The molecule has 0 aromatic heterocycles. The molecule has 0 amide bonds. The third-order valence-electron chi connectivity index (χ3n) is 4.87. The molecule has 1 spiro atoms. The fourth-order valence-corrected chi connectivity index (χ4v) is 4.46. The maximum Gasteiger partial charge on any atom is 0.0685 e. The lowest BCUT2D eigenvalue weighted by molar-refractivity contribution is -0.0964. The Morgan fingerprint density at radius 3 is 2.85 bits per heavy atom. The predicted octanol–water partition coefficient (Wildman–Crippen LogP) is 4.84. The lowest BCUT2D eigenvalue weighted by Crippen LogP contribution is -2.40. The first kappa shape index (κ1) is 14.8. The molecule has 3 rings (SSSR count). The van der Waals surface area contributed by atoms with Gasteiger partial charge in [-0.3, -0.25) is 0 Å². The Hall–Kier alpha value is -0.0900. The lowest BCUT2D eigenvalue weighted by Gasteiger charge is -2.40. The van der Waals surface area contributed by atoms with Crippen molar-refractivity contribution >= 4 is 27.5 Å². The van der Waals surface area contributed by atoms with Crippen LogP contribution in [0.2, 0.25) is 5.02 Å². The number of benzene rings is 1. The lowest BCUT2D eigenvalue weighted by atomic mass is 9.79. The van der Waals surface area contributed by atoms with Crippen LogP contribution in [0.5, 0.6) is 0 Å². The minimum atomic E-state index is 0.0319. The zero-order chi connectivity index (χ0) is 14.2. The highest BCUT2D eigenvalue weighted by Gasteiger charge is 2.41. The molecule has 1 aliphatic carbocycles. The van der Waals surface area contributed by atoms with Crippen molar-refractivity contribution in [2.24, 2.45) is 11.7 Å². The van der Waals surface area contributed by atoms with Gasteiger partial charge in [0.05, 0.1) is 5.60 Å². The predicted molar refractivity (Wildman–Crippen MR) is 86.0 cm³/mol. The summed E-state index contributed by atoms with van der Waals surface area (Å²) in [7, 11) is 0. The molecule has 1 aromatic carbocycles. The van der Waals surface area contributed by atoms with E-state index in [1.165, 1.54) is 25.7 Å². The van der Waals surface area contributed by atoms with Crippen LogP contribution in [0.3, 0.4) is 0 Å². The SMILES string of the molecule is NC(c1cc(Cl)ccc1Br)C1CCOC2(CCCC2)C1. The van der Waals surface area contributed by atoms with E-state index in [1.807, 2.05) is 18.2 Å². The zero-order valence-electron chi connectivity index (χ0n) is 11.6. The van der Waals surface area contributed by atoms with Gasteiger partial charge in [0, 0.05) is 22.1 Å². The Balaban J connectivity index is 1.79. The summed E-state index contributed by atoms with van der Waals surface area (Å²) >= 11 is 9.72. The number of hydrogen-bond acceptors (Lipinski definition) is 2. The molecule has 1 saturated carbocycles. The van der Waals surface area contributed by atoms with Crippen molar-refractivity contribution in [2.75, 3.05) is 6.61 Å². The van der Waals surface area contributed by atoms with E-state index in [0.29, 0.717) is 5.92 Å². The Morgan fingerprint density at radius 2 is 2.10 bits per heavy atom. The molecular weight excluding hydrogens is 338 g/mol. The quantitative estimate of drug-likeness (QED) is 0.821.